The van der Waals surface area contributed by atoms with Gasteiger partial charge in [-0.05, 0) is 54.9 Å². The Morgan fingerprint density at radius 2 is 1.79 bits per heavy atom. The average molecular weight is 322 g/mol. The molecule has 1 aromatic rings. The summed E-state index contributed by atoms with van der Waals surface area (Å²) in [5, 5.41) is 0. The number of nitrogens with zero attached hydrogens (tertiary/aromatic N) is 1. The average Bonchev–Trinajstić information content (AvgIpc) is 2.78. The van der Waals surface area contributed by atoms with E-state index in [1.165, 1.54) is 12.8 Å². The summed E-state index contributed by atoms with van der Waals surface area (Å²) >= 11 is 3.45. The Kier molecular flexibility index (Phi) is 3.42. The van der Waals surface area contributed by atoms with Gasteiger partial charge in [-0.2, -0.15) is 0 Å². The molecule has 2 aliphatic rings. The second kappa shape index (κ2) is 4.93. The quantitative estimate of drug-likeness (QED) is 0.762. The van der Waals surface area contributed by atoms with E-state index < -0.39 is 0 Å². The van der Waals surface area contributed by atoms with Gasteiger partial charge in [0.25, 0.3) is 0 Å². The Bertz CT molecular complexity index is 484. The van der Waals surface area contributed by atoms with Gasteiger partial charge in [0.2, 0.25) is 5.91 Å². The second-order valence-corrected chi connectivity index (χ2v) is 7.06. The zero-order valence-electron chi connectivity index (χ0n) is 11.5. The van der Waals surface area contributed by atoms with Gasteiger partial charge in [-0.3, -0.25) is 4.79 Å². The fraction of sp³-hybridized carbons (Fsp3) is 0.562. The molecule has 3 heteroatoms. The van der Waals surface area contributed by atoms with Gasteiger partial charge in [-0.15, -0.1) is 0 Å². The summed E-state index contributed by atoms with van der Waals surface area (Å²) in [6.45, 7) is 5.41. The van der Waals surface area contributed by atoms with E-state index in [1.54, 1.807) is 0 Å². The van der Waals surface area contributed by atoms with E-state index in [9.17, 15) is 4.79 Å². The maximum absolute atomic E-state index is 12.8. The lowest BCUT2D eigenvalue weighted by atomic mass is 9.77. The van der Waals surface area contributed by atoms with Gasteiger partial charge in [0, 0.05) is 22.6 Å². The lowest BCUT2D eigenvalue weighted by molar-refractivity contribution is -0.127. The minimum absolute atomic E-state index is 0.243. The molecule has 1 aliphatic carbocycles. The first-order chi connectivity index (χ1) is 9.08. The number of rotatable bonds is 1. The molecular weight excluding hydrogens is 302 g/mol. The lowest BCUT2D eigenvalue weighted by Crippen LogP contribution is -2.49. The molecule has 2 nitrogen and oxygen atoms in total. The monoisotopic (exact) mass is 321 g/mol. The fourth-order valence-corrected chi connectivity index (χ4v) is 4.11. The maximum atomic E-state index is 12.8. The number of piperidine rings is 1. The Morgan fingerprint density at radius 1 is 1.11 bits per heavy atom. The van der Waals surface area contributed by atoms with Crippen LogP contribution in [0.15, 0.2) is 28.7 Å². The van der Waals surface area contributed by atoms with Gasteiger partial charge >= 0.3 is 0 Å². The van der Waals surface area contributed by atoms with Crippen LogP contribution in [0.25, 0.3) is 0 Å². The first-order valence-electron chi connectivity index (χ1n) is 7.15. The van der Waals surface area contributed by atoms with Crippen LogP contribution < -0.4 is 4.90 Å². The molecule has 2 fully saturated rings. The molecule has 0 unspecified atom stereocenters. The standard InChI is InChI=1S/C16H20BrNO/c1-10-3-8-14-11(2)9-18(16(19)15(10)14)13-6-4-12(17)5-7-13/h4-7,10-11,14-15H,3,8-9H2,1-2H3/t10-,11+,14+,15+/m0/s1. The van der Waals surface area contributed by atoms with E-state index in [-0.39, 0.29) is 5.92 Å². The van der Waals surface area contributed by atoms with E-state index >= 15 is 0 Å². The SMILES string of the molecule is C[C@@H]1CN(c2ccc(Br)cc2)C(=O)[C@H]2[C@@H]1CC[C@@H]2C. The largest absolute Gasteiger partial charge is 0.312 e. The van der Waals surface area contributed by atoms with Crippen LogP contribution in [0.5, 0.6) is 0 Å². The molecule has 4 atom stereocenters. The van der Waals surface area contributed by atoms with Crippen molar-refractivity contribution in [3.63, 3.8) is 0 Å². The molecule has 0 bridgehead atoms. The van der Waals surface area contributed by atoms with Crippen LogP contribution in [0, 0.1) is 23.7 Å². The highest BCUT2D eigenvalue weighted by Gasteiger charge is 2.47. The molecule has 1 amide bonds. The van der Waals surface area contributed by atoms with Crippen LogP contribution in [0.4, 0.5) is 5.69 Å². The molecule has 1 heterocycles. The minimum atomic E-state index is 0.243. The third kappa shape index (κ3) is 2.22. The highest BCUT2D eigenvalue weighted by atomic mass is 79.9. The van der Waals surface area contributed by atoms with Gasteiger partial charge in [-0.1, -0.05) is 29.8 Å². The minimum Gasteiger partial charge on any atom is -0.312 e. The summed E-state index contributed by atoms with van der Waals surface area (Å²) in [4.78, 5) is 14.8. The first kappa shape index (κ1) is 13.2. The predicted molar refractivity (Wildman–Crippen MR) is 81.0 cm³/mol. The number of fused-ring (bicyclic) bond motifs is 1. The van der Waals surface area contributed by atoms with Crippen molar-refractivity contribution in [1.29, 1.82) is 0 Å². The molecule has 1 saturated carbocycles. The Morgan fingerprint density at radius 3 is 2.47 bits per heavy atom. The van der Waals surface area contributed by atoms with Crippen molar-refractivity contribution in [2.24, 2.45) is 23.7 Å². The molecular formula is C16H20BrNO. The normalized spacial score (nSPS) is 34.5. The van der Waals surface area contributed by atoms with Crippen LogP contribution >= 0.6 is 15.9 Å². The van der Waals surface area contributed by atoms with Crippen molar-refractivity contribution in [2.75, 3.05) is 11.4 Å². The van der Waals surface area contributed by atoms with Crippen molar-refractivity contribution in [1.82, 2.24) is 0 Å². The smallest absolute Gasteiger partial charge is 0.230 e. The number of hydrogen-bond donors (Lipinski definition) is 0. The second-order valence-electron chi connectivity index (χ2n) is 6.15. The van der Waals surface area contributed by atoms with E-state index in [4.69, 9.17) is 0 Å². The van der Waals surface area contributed by atoms with Crippen LogP contribution in [0.2, 0.25) is 0 Å². The van der Waals surface area contributed by atoms with E-state index in [0.717, 1.165) is 16.7 Å². The molecule has 102 valence electrons. The topological polar surface area (TPSA) is 20.3 Å². The van der Waals surface area contributed by atoms with Crippen molar-refractivity contribution in [2.45, 2.75) is 26.7 Å². The van der Waals surface area contributed by atoms with Gasteiger partial charge in [0.15, 0.2) is 0 Å². The lowest BCUT2D eigenvalue weighted by Gasteiger charge is -2.40. The fourth-order valence-electron chi connectivity index (χ4n) is 3.85. The van der Waals surface area contributed by atoms with Crippen LogP contribution in [0.3, 0.4) is 0 Å². The van der Waals surface area contributed by atoms with Gasteiger partial charge in [-0.25, -0.2) is 0 Å². The van der Waals surface area contributed by atoms with E-state index in [1.807, 2.05) is 29.2 Å². The van der Waals surface area contributed by atoms with Crippen LogP contribution in [0.1, 0.15) is 26.7 Å². The highest BCUT2D eigenvalue weighted by Crippen LogP contribution is 2.46. The van der Waals surface area contributed by atoms with Crippen molar-refractivity contribution in [3.05, 3.63) is 28.7 Å². The number of benzene rings is 1. The van der Waals surface area contributed by atoms with Crippen molar-refractivity contribution in [3.8, 4) is 0 Å². The molecule has 1 aliphatic heterocycles. The summed E-state index contributed by atoms with van der Waals surface area (Å²) in [6.07, 6.45) is 2.44. The zero-order chi connectivity index (χ0) is 13.6. The molecule has 0 aromatic heterocycles. The number of halogens is 1. The van der Waals surface area contributed by atoms with Gasteiger partial charge < -0.3 is 4.90 Å². The van der Waals surface area contributed by atoms with E-state index in [0.29, 0.717) is 23.7 Å². The summed E-state index contributed by atoms with van der Waals surface area (Å²) in [7, 11) is 0. The molecule has 1 aromatic carbocycles. The highest BCUT2D eigenvalue weighted by molar-refractivity contribution is 9.10. The molecule has 1 saturated heterocycles. The van der Waals surface area contributed by atoms with Crippen LogP contribution in [-0.4, -0.2) is 12.5 Å². The Labute approximate surface area is 123 Å². The summed E-state index contributed by atoms with van der Waals surface area (Å²) < 4.78 is 1.06. The summed E-state index contributed by atoms with van der Waals surface area (Å²) in [6, 6.07) is 8.10. The summed E-state index contributed by atoms with van der Waals surface area (Å²) in [5.41, 5.74) is 1.04. The number of anilines is 1. The molecule has 3 rings (SSSR count). The molecule has 0 radical (unpaired) electrons. The van der Waals surface area contributed by atoms with Crippen molar-refractivity contribution >= 4 is 27.5 Å². The van der Waals surface area contributed by atoms with Crippen molar-refractivity contribution < 1.29 is 4.79 Å². The van der Waals surface area contributed by atoms with Gasteiger partial charge in [0.05, 0.1) is 0 Å². The molecule has 0 spiro atoms. The number of carbonyl (C=O) groups is 1. The number of hydrogen-bond acceptors (Lipinski definition) is 1. The van der Waals surface area contributed by atoms with Crippen LogP contribution in [-0.2, 0) is 4.79 Å². The van der Waals surface area contributed by atoms with E-state index in [2.05, 4.69) is 29.8 Å². The third-order valence-corrected chi connectivity index (χ3v) is 5.45. The maximum Gasteiger partial charge on any atom is 0.230 e. The first-order valence-corrected chi connectivity index (χ1v) is 7.94. The zero-order valence-corrected chi connectivity index (χ0v) is 13.1. The number of carbonyl (C=O) groups excluding carboxylic acids is 1. The Balaban J connectivity index is 1.90. The Hall–Kier alpha value is -0.830. The third-order valence-electron chi connectivity index (χ3n) is 4.92. The predicted octanol–water partition coefficient (Wildman–Crippen LogP) is 4.09. The molecule has 0 N–H and O–H groups in total. The molecule has 19 heavy (non-hydrogen) atoms. The summed E-state index contributed by atoms with van der Waals surface area (Å²) in [5.74, 6) is 2.34. The number of amides is 1. The van der Waals surface area contributed by atoms with Gasteiger partial charge in [0.1, 0.15) is 0 Å².